The molecule has 3 heteroatoms. The molecule has 1 aromatic rings. The molecule has 1 aliphatic rings. The quantitative estimate of drug-likeness (QED) is 0.692. The molecule has 2 rings (SSSR count). The van der Waals surface area contributed by atoms with Crippen molar-refractivity contribution in [1.82, 2.24) is 0 Å². The number of carbonyl (C=O) groups excluding carboxylic acids is 1. The van der Waals surface area contributed by atoms with E-state index in [4.69, 9.17) is 0 Å². The van der Waals surface area contributed by atoms with Crippen molar-refractivity contribution in [3.63, 3.8) is 0 Å². The summed E-state index contributed by atoms with van der Waals surface area (Å²) in [4.78, 5) is 12.1. The van der Waals surface area contributed by atoms with E-state index in [1.54, 1.807) is 0 Å². The smallest absolute Gasteiger partial charge is 0.169 e. The van der Waals surface area contributed by atoms with E-state index in [-0.39, 0.29) is 12.2 Å². The zero-order valence-corrected chi connectivity index (χ0v) is 13.0. The number of nitrogens with one attached hydrogen (secondary N) is 1. The molecule has 0 amide bonds. The normalized spacial score (nSPS) is 21.0. The van der Waals surface area contributed by atoms with Gasteiger partial charge in [-0.1, -0.05) is 57.6 Å². The topological polar surface area (TPSA) is 49.3 Å². The lowest BCUT2D eigenvalue weighted by Crippen LogP contribution is -2.43. The number of unbranched alkanes of at least 4 members (excludes halogenated alkanes) is 6. The maximum absolute atomic E-state index is 12.1. The number of fused-ring (bicyclic) bond motifs is 1. The van der Waals surface area contributed by atoms with Gasteiger partial charge in [-0.2, -0.15) is 0 Å². The Labute approximate surface area is 127 Å². The molecule has 116 valence electrons. The third-order valence-corrected chi connectivity index (χ3v) is 4.24. The predicted molar refractivity (Wildman–Crippen MR) is 86.6 cm³/mol. The molecule has 0 saturated carbocycles. The molecular formula is C18H27NO2. The molecule has 1 heterocycles. The van der Waals surface area contributed by atoms with E-state index in [0.717, 1.165) is 18.5 Å². The van der Waals surface area contributed by atoms with Gasteiger partial charge >= 0.3 is 0 Å². The van der Waals surface area contributed by atoms with Crippen LogP contribution in [0.1, 0.15) is 75.1 Å². The summed E-state index contributed by atoms with van der Waals surface area (Å²) >= 11 is 0. The summed E-state index contributed by atoms with van der Waals surface area (Å²) in [5.74, 6) is 0.0368. The SMILES string of the molecule is CCCCCCCCCC1(O)CC(=O)c2ccccc2N1. The van der Waals surface area contributed by atoms with Gasteiger partial charge in [0.2, 0.25) is 0 Å². The van der Waals surface area contributed by atoms with Crippen molar-refractivity contribution in [3.05, 3.63) is 29.8 Å². The lowest BCUT2D eigenvalue weighted by molar-refractivity contribution is 0.0411. The predicted octanol–water partition coefficient (Wildman–Crippen LogP) is 4.51. The van der Waals surface area contributed by atoms with E-state index >= 15 is 0 Å². The van der Waals surface area contributed by atoms with E-state index in [2.05, 4.69) is 12.2 Å². The minimum atomic E-state index is -1.06. The summed E-state index contributed by atoms with van der Waals surface area (Å²) in [6, 6.07) is 7.43. The molecular weight excluding hydrogens is 262 g/mol. The molecule has 1 unspecified atom stereocenters. The monoisotopic (exact) mass is 289 g/mol. The van der Waals surface area contributed by atoms with Crippen molar-refractivity contribution in [2.75, 3.05) is 5.32 Å². The third kappa shape index (κ3) is 4.57. The number of anilines is 1. The Balaban J connectivity index is 1.77. The molecule has 3 nitrogen and oxygen atoms in total. The largest absolute Gasteiger partial charge is 0.371 e. The number of hydrogen-bond donors (Lipinski definition) is 2. The highest BCUT2D eigenvalue weighted by Crippen LogP contribution is 2.32. The maximum atomic E-state index is 12.1. The molecule has 2 N–H and O–H groups in total. The van der Waals surface area contributed by atoms with Crippen LogP contribution < -0.4 is 5.32 Å². The molecule has 0 spiro atoms. The van der Waals surface area contributed by atoms with Crippen LogP contribution in [0.5, 0.6) is 0 Å². The average molecular weight is 289 g/mol. The number of ketones is 1. The number of para-hydroxylation sites is 1. The Morgan fingerprint density at radius 1 is 1.10 bits per heavy atom. The maximum Gasteiger partial charge on any atom is 0.169 e. The van der Waals surface area contributed by atoms with Crippen molar-refractivity contribution >= 4 is 11.5 Å². The van der Waals surface area contributed by atoms with E-state index in [1.807, 2.05) is 24.3 Å². The standard InChI is InChI=1S/C18H27NO2/c1-2-3-4-5-6-7-10-13-18(21)14-17(20)15-11-8-9-12-16(15)19-18/h8-9,11-12,19,21H,2-7,10,13-14H2,1H3. The first-order valence-electron chi connectivity index (χ1n) is 8.27. The van der Waals surface area contributed by atoms with E-state index < -0.39 is 5.72 Å². The van der Waals surface area contributed by atoms with E-state index in [0.29, 0.717) is 12.0 Å². The van der Waals surface area contributed by atoms with Crippen molar-refractivity contribution in [1.29, 1.82) is 0 Å². The lowest BCUT2D eigenvalue weighted by Gasteiger charge is -2.34. The zero-order valence-electron chi connectivity index (χ0n) is 13.0. The van der Waals surface area contributed by atoms with Crippen LogP contribution in [0.25, 0.3) is 0 Å². The molecule has 1 aliphatic heterocycles. The second kappa shape index (κ2) is 7.60. The number of Topliss-reactive ketones (excluding diaryl/α,β-unsaturated/α-hetero) is 1. The summed E-state index contributed by atoms with van der Waals surface area (Å²) in [5, 5.41) is 13.7. The highest BCUT2D eigenvalue weighted by Gasteiger charge is 2.35. The average Bonchev–Trinajstić information content (AvgIpc) is 2.46. The first-order valence-corrected chi connectivity index (χ1v) is 8.27. The molecule has 1 aromatic carbocycles. The second-order valence-corrected chi connectivity index (χ2v) is 6.17. The van der Waals surface area contributed by atoms with Gasteiger partial charge in [0.25, 0.3) is 0 Å². The zero-order chi connectivity index (χ0) is 15.1. The summed E-state index contributed by atoms with van der Waals surface area (Å²) in [6.07, 6.45) is 9.31. The number of rotatable bonds is 8. The first kappa shape index (κ1) is 16.0. The minimum absolute atomic E-state index is 0.0368. The van der Waals surface area contributed by atoms with Gasteiger partial charge in [-0.3, -0.25) is 4.79 Å². The molecule has 0 aliphatic carbocycles. The van der Waals surface area contributed by atoms with Gasteiger partial charge < -0.3 is 10.4 Å². The molecule has 0 aromatic heterocycles. The fourth-order valence-corrected chi connectivity index (χ4v) is 3.02. The molecule has 0 bridgehead atoms. The molecule has 0 radical (unpaired) electrons. The number of aliphatic hydroxyl groups is 1. The summed E-state index contributed by atoms with van der Waals surface area (Å²) < 4.78 is 0. The Morgan fingerprint density at radius 2 is 1.76 bits per heavy atom. The van der Waals surface area contributed by atoms with Gasteiger partial charge in [0.15, 0.2) is 5.78 Å². The Hall–Kier alpha value is -1.35. The van der Waals surface area contributed by atoms with Gasteiger partial charge in [0, 0.05) is 11.3 Å². The van der Waals surface area contributed by atoms with Crippen molar-refractivity contribution in [2.24, 2.45) is 0 Å². The van der Waals surface area contributed by atoms with Crippen LogP contribution in [-0.4, -0.2) is 16.6 Å². The minimum Gasteiger partial charge on any atom is -0.371 e. The lowest BCUT2D eigenvalue weighted by atomic mass is 9.90. The van der Waals surface area contributed by atoms with E-state index in [9.17, 15) is 9.90 Å². The van der Waals surface area contributed by atoms with Crippen molar-refractivity contribution in [2.45, 2.75) is 70.4 Å². The third-order valence-electron chi connectivity index (χ3n) is 4.24. The number of hydrogen-bond acceptors (Lipinski definition) is 3. The van der Waals surface area contributed by atoms with Gasteiger partial charge in [0.1, 0.15) is 5.72 Å². The van der Waals surface area contributed by atoms with Crippen LogP contribution in [0, 0.1) is 0 Å². The fraction of sp³-hybridized carbons (Fsp3) is 0.611. The summed E-state index contributed by atoms with van der Waals surface area (Å²) in [5.41, 5.74) is 0.399. The van der Waals surface area contributed by atoms with Gasteiger partial charge in [-0.15, -0.1) is 0 Å². The van der Waals surface area contributed by atoms with Crippen LogP contribution in [0.15, 0.2) is 24.3 Å². The van der Waals surface area contributed by atoms with Crippen LogP contribution in [0.3, 0.4) is 0 Å². The highest BCUT2D eigenvalue weighted by atomic mass is 16.3. The summed E-state index contributed by atoms with van der Waals surface area (Å²) in [6.45, 7) is 2.22. The Morgan fingerprint density at radius 3 is 2.52 bits per heavy atom. The van der Waals surface area contributed by atoms with Crippen molar-refractivity contribution < 1.29 is 9.90 Å². The van der Waals surface area contributed by atoms with Gasteiger partial charge in [0.05, 0.1) is 6.42 Å². The van der Waals surface area contributed by atoms with Gasteiger partial charge in [-0.05, 0) is 25.0 Å². The molecule has 0 fully saturated rings. The first-order chi connectivity index (χ1) is 10.1. The molecule has 21 heavy (non-hydrogen) atoms. The molecule has 0 saturated heterocycles. The van der Waals surface area contributed by atoms with Crippen molar-refractivity contribution in [3.8, 4) is 0 Å². The van der Waals surface area contributed by atoms with Crippen LogP contribution >= 0.6 is 0 Å². The highest BCUT2D eigenvalue weighted by molar-refractivity contribution is 6.03. The Bertz CT molecular complexity index is 472. The van der Waals surface area contributed by atoms with Crippen LogP contribution in [0.2, 0.25) is 0 Å². The van der Waals surface area contributed by atoms with Crippen LogP contribution in [-0.2, 0) is 0 Å². The second-order valence-electron chi connectivity index (χ2n) is 6.17. The van der Waals surface area contributed by atoms with Crippen LogP contribution in [0.4, 0.5) is 5.69 Å². The number of carbonyl (C=O) groups is 1. The molecule has 1 atom stereocenters. The number of benzene rings is 1. The van der Waals surface area contributed by atoms with Gasteiger partial charge in [-0.25, -0.2) is 0 Å². The van der Waals surface area contributed by atoms with E-state index in [1.165, 1.54) is 32.1 Å². The fourth-order valence-electron chi connectivity index (χ4n) is 3.02. The Kier molecular flexibility index (Phi) is 5.80. The summed E-state index contributed by atoms with van der Waals surface area (Å²) in [7, 11) is 0.